The summed E-state index contributed by atoms with van der Waals surface area (Å²) >= 11 is 15.0. The predicted octanol–water partition coefficient (Wildman–Crippen LogP) is 7.76. The molecule has 6 aromatic rings. The van der Waals surface area contributed by atoms with Crippen molar-refractivity contribution in [2.24, 2.45) is 0 Å². The number of halogens is 3. The van der Waals surface area contributed by atoms with Crippen molar-refractivity contribution in [3.05, 3.63) is 123 Å². The molecule has 0 saturated carbocycles. The summed E-state index contributed by atoms with van der Waals surface area (Å²) < 4.78 is 11.5. The lowest BCUT2D eigenvalue weighted by Gasteiger charge is -2.03. The van der Waals surface area contributed by atoms with Crippen LogP contribution in [0.5, 0.6) is 0 Å². The number of aldehydes is 2. The number of para-hydroxylation sites is 2. The molecule has 5 N–H and O–H groups in total. The Morgan fingerprint density at radius 3 is 1.76 bits per heavy atom. The second kappa shape index (κ2) is 14.8. The van der Waals surface area contributed by atoms with Gasteiger partial charge < -0.3 is 25.0 Å². The summed E-state index contributed by atoms with van der Waals surface area (Å²) in [4.78, 5) is 21.4. The largest absolute Gasteiger partial charge is 0.526 e. The van der Waals surface area contributed by atoms with E-state index in [0.29, 0.717) is 42.6 Å². The van der Waals surface area contributed by atoms with Gasteiger partial charge in [-0.3, -0.25) is 9.59 Å². The molecule has 11 heteroatoms. The third-order valence-electron chi connectivity index (χ3n) is 5.65. The van der Waals surface area contributed by atoms with Crippen molar-refractivity contribution in [3.8, 4) is 11.3 Å². The summed E-state index contributed by atoms with van der Waals surface area (Å²) in [5.41, 5.74) is 3.38. The van der Waals surface area contributed by atoms with Gasteiger partial charge in [-0.2, -0.15) is 0 Å². The van der Waals surface area contributed by atoms with Crippen LogP contribution in [0.25, 0.3) is 33.3 Å². The first-order chi connectivity index (χ1) is 19.3. The van der Waals surface area contributed by atoms with E-state index >= 15 is 0 Å². The average molecular weight is 655 g/mol. The molecule has 0 aliphatic heterocycles. The number of carbonyl (C=O) groups is 2. The van der Waals surface area contributed by atoms with Crippen molar-refractivity contribution in [2.75, 3.05) is 0 Å². The fourth-order valence-electron chi connectivity index (χ4n) is 3.75. The molecule has 2 heterocycles. The number of benzene rings is 4. The summed E-state index contributed by atoms with van der Waals surface area (Å²) in [6, 6.07) is 28.9. The molecular weight excluding hydrogens is 632 g/mol. The lowest BCUT2D eigenvalue weighted by atomic mass is 9.88. The molecule has 0 saturated heterocycles. The predicted molar refractivity (Wildman–Crippen MR) is 168 cm³/mol. The maximum Gasteiger partial charge on any atom is 0.526 e. The van der Waals surface area contributed by atoms with Crippen molar-refractivity contribution in [1.82, 2.24) is 6.15 Å². The third-order valence-corrected chi connectivity index (χ3v) is 7.40. The topological polar surface area (TPSA) is 136 Å². The normalized spacial score (nSPS) is 10.1. The minimum absolute atomic E-state index is 0. The van der Waals surface area contributed by atoms with E-state index in [-0.39, 0.29) is 11.8 Å². The fourth-order valence-corrected chi connectivity index (χ4v) is 4.56. The Hall–Kier alpha value is -3.70. The summed E-state index contributed by atoms with van der Waals surface area (Å²) in [6.45, 7) is 0. The van der Waals surface area contributed by atoms with Gasteiger partial charge in [0, 0.05) is 31.9 Å². The molecule has 0 fully saturated rings. The first-order valence-corrected chi connectivity index (χ1v) is 13.3. The van der Waals surface area contributed by atoms with Crippen molar-refractivity contribution >= 4 is 86.4 Å². The first kappa shape index (κ1) is 31.8. The van der Waals surface area contributed by atoms with E-state index in [4.69, 9.17) is 42.1 Å². The van der Waals surface area contributed by atoms with Gasteiger partial charge >= 0.3 is 7.12 Å². The Labute approximate surface area is 254 Å². The van der Waals surface area contributed by atoms with Crippen LogP contribution >= 0.6 is 39.1 Å². The zero-order valence-electron chi connectivity index (χ0n) is 21.3. The van der Waals surface area contributed by atoms with E-state index in [2.05, 4.69) is 15.9 Å². The lowest BCUT2D eigenvalue weighted by molar-refractivity contribution is 0.111. The van der Waals surface area contributed by atoms with Gasteiger partial charge in [0.15, 0.2) is 12.6 Å². The molecule has 6 rings (SSSR count). The molecule has 0 aliphatic rings. The zero-order chi connectivity index (χ0) is 28.6. The van der Waals surface area contributed by atoms with Crippen molar-refractivity contribution in [2.45, 2.75) is 0 Å². The van der Waals surface area contributed by atoms with Crippen LogP contribution in [-0.4, -0.2) is 29.7 Å². The lowest BCUT2D eigenvalue weighted by Crippen LogP contribution is -2.27. The number of furan rings is 2. The quantitative estimate of drug-likeness (QED) is 0.131. The maximum atomic E-state index is 11.1. The molecule has 0 unspecified atom stereocenters. The Balaban J connectivity index is 0.000000176. The van der Waals surface area contributed by atoms with Gasteiger partial charge in [-0.05, 0) is 52.3 Å². The molecule has 0 spiro atoms. The summed E-state index contributed by atoms with van der Waals surface area (Å²) in [7, 11) is -1.53. The van der Waals surface area contributed by atoms with Gasteiger partial charge in [0.2, 0.25) is 0 Å². The molecule has 0 atom stereocenters. The molecule has 0 radical (unpaired) electrons. The van der Waals surface area contributed by atoms with E-state index in [1.807, 2.05) is 48.5 Å². The number of hydrogen-bond donors (Lipinski definition) is 3. The SMILES string of the molecule is N.O=Cc1cccc(Cl)c1-c1cc2ccccc2o1.O=Cc1cccc(Cl)c1Br.OB(O)c1cc2ccccc2o1. The maximum absolute atomic E-state index is 11.1. The smallest absolute Gasteiger partial charge is 0.465 e. The second-order valence-electron chi connectivity index (χ2n) is 8.29. The van der Waals surface area contributed by atoms with Gasteiger partial charge in [0.25, 0.3) is 0 Å². The van der Waals surface area contributed by atoms with E-state index in [9.17, 15) is 9.59 Å². The number of rotatable bonds is 4. The fraction of sp³-hybridized carbons (Fsp3) is 0. The van der Waals surface area contributed by atoms with Crippen molar-refractivity contribution in [1.29, 1.82) is 0 Å². The van der Waals surface area contributed by atoms with E-state index in [0.717, 1.165) is 28.9 Å². The number of fused-ring (bicyclic) bond motifs is 2. The third kappa shape index (κ3) is 7.74. The van der Waals surface area contributed by atoms with E-state index < -0.39 is 7.12 Å². The minimum atomic E-state index is -1.53. The van der Waals surface area contributed by atoms with Crippen LogP contribution in [0.3, 0.4) is 0 Å². The zero-order valence-corrected chi connectivity index (χ0v) is 24.4. The Kier molecular flexibility index (Phi) is 11.5. The van der Waals surface area contributed by atoms with E-state index in [1.54, 1.807) is 48.5 Å². The highest BCUT2D eigenvalue weighted by molar-refractivity contribution is 9.10. The Bertz CT molecular complexity index is 1720. The molecular formula is C30H23BBrCl2NO6. The first-order valence-electron chi connectivity index (χ1n) is 11.8. The van der Waals surface area contributed by atoms with Gasteiger partial charge in [-0.25, -0.2) is 0 Å². The van der Waals surface area contributed by atoms with Crippen LogP contribution in [0, 0.1) is 0 Å². The Morgan fingerprint density at radius 2 is 1.22 bits per heavy atom. The number of hydrogen-bond acceptors (Lipinski definition) is 7. The highest BCUT2D eigenvalue weighted by Gasteiger charge is 2.16. The van der Waals surface area contributed by atoms with Crippen LogP contribution in [0.1, 0.15) is 20.7 Å². The van der Waals surface area contributed by atoms with Crippen LogP contribution < -0.4 is 11.8 Å². The van der Waals surface area contributed by atoms with Gasteiger partial charge in [0.1, 0.15) is 22.6 Å². The Morgan fingerprint density at radius 1 is 0.683 bits per heavy atom. The molecule has 0 bridgehead atoms. The van der Waals surface area contributed by atoms with Crippen LogP contribution in [-0.2, 0) is 0 Å². The highest BCUT2D eigenvalue weighted by Crippen LogP contribution is 2.34. The van der Waals surface area contributed by atoms with Gasteiger partial charge in [-0.15, -0.1) is 0 Å². The summed E-state index contributed by atoms with van der Waals surface area (Å²) in [5, 5.41) is 20.5. The molecule has 0 amide bonds. The van der Waals surface area contributed by atoms with Crippen LogP contribution in [0.15, 0.2) is 110 Å². The molecule has 208 valence electrons. The van der Waals surface area contributed by atoms with Crippen molar-refractivity contribution < 1.29 is 28.5 Å². The van der Waals surface area contributed by atoms with Crippen LogP contribution in [0.2, 0.25) is 10.0 Å². The standard InChI is InChI=1S/C15H9ClO2.C8H7BO3.C7H4BrClO.H3N/c16-12-6-3-5-11(9-17)15(12)14-8-10-4-1-2-7-13(10)18-14;10-9(11)8-5-6-3-1-2-4-7(6)12-8;8-7-5(4-10)2-1-3-6(7)9;/h1-9H;1-5,10-11H;1-4H;1H3. The summed E-state index contributed by atoms with van der Waals surface area (Å²) in [6.07, 6.45) is 1.55. The van der Waals surface area contributed by atoms with Gasteiger partial charge in [0.05, 0.1) is 10.0 Å². The van der Waals surface area contributed by atoms with Gasteiger partial charge in [-0.1, -0.05) is 83.9 Å². The second-order valence-corrected chi connectivity index (χ2v) is 9.90. The molecule has 2 aromatic heterocycles. The number of carbonyl (C=O) groups excluding carboxylic acids is 2. The van der Waals surface area contributed by atoms with E-state index in [1.165, 1.54) is 0 Å². The molecule has 41 heavy (non-hydrogen) atoms. The molecule has 0 aliphatic carbocycles. The van der Waals surface area contributed by atoms with Crippen molar-refractivity contribution in [3.63, 3.8) is 0 Å². The minimum Gasteiger partial charge on any atom is -0.465 e. The highest BCUT2D eigenvalue weighted by atomic mass is 79.9. The monoisotopic (exact) mass is 653 g/mol. The molecule has 7 nitrogen and oxygen atoms in total. The summed E-state index contributed by atoms with van der Waals surface area (Å²) in [5.74, 6) is 0.615. The molecule has 4 aromatic carbocycles. The van der Waals surface area contributed by atoms with Crippen LogP contribution in [0.4, 0.5) is 0 Å². The average Bonchev–Trinajstić information content (AvgIpc) is 3.60.